The van der Waals surface area contributed by atoms with Crippen molar-refractivity contribution in [3.05, 3.63) is 53.0 Å². The molecule has 132 valence electrons. The first-order chi connectivity index (χ1) is 12.0. The predicted molar refractivity (Wildman–Crippen MR) is 93.9 cm³/mol. The zero-order chi connectivity index (χ0) is 17.8. The number of rotatable bonds is 4. The Bertz CT molecular complexity index is 758. The van der Waals surface area contributed by atoms with Crippen molar-refractivity contribution in [3.8, 4) is 0 Å². The van der Waals surface area contributed by atoms with E-state index in [9.17, 15) is 9.59 Å². The topological polar surface area (TPSA) is 80.6 Å². The Morgan fingerprint density at radius 1 is 1.16 bits per heavy atom. The minimum atomic E-state index is -0.331. The van der Waals surface area contributed by atoms with E-state index >= 15 is 0 Å². The summed E-state index contributed by atoms with van der Waals surface area (Å²) in [4.78, 5) is 24.4. The molecule has 1 fully saturated rings. The summed E-state index contributed by atoms with van der Waals surface area (Å²) in [6.45, 7) is 5.36. The number of hydrogen-bond donors (Lipinski definition) is 2. The number of benzene rings is 1. The van der Waals surface area contributed by atoms with Gasteiger partial charge in [-0.3, -0.25) is 4.79 Å². The molecule has 0 aliphatic carbocycles. The third kappa shape index (κ3) is 4.28. The van der Waals surface area contributed by atoms with Crippen molar-refractivity contribution < 1.29 is 18.7 Å². The number of amides is 1. The minimum Gasteiger partial charge on any atom is -0.459 e. The van der Waals surface area contributed by atoms with Crippen LogP contribution >= 0.6 is 0 Å². The summed E-state index contributed by atoms with van der Waals surface area (Å²) in [7, 11) is 0. The van der Waals surface area contributed by atoms with E-state index in [1.165, 1.54) is 0 Å². The third-order valence-corrected chi connectivity index (χ3v) is 4.19. The molecule has 0 spiro atoms. The first kappa shape index (κ1) is 17.2. The smallest absolute Gasteiger partial charge is 0.338 e. The quantitative estimate of drug-likeness (QED) is 0.835. The molecule has 1 aromatic heterocycles. The predicted octanol–water partition coefficient (Wildman–Crippen LogP) is 3.06. The molecule has 1 aliphatic heterocycles. The number of esters is 1. The summed E-state index contributed by atoms with van der Waals surface area (Å²) < 4.78 is 10.9. The van der Waals surface area contributed by atoms with Crippen LogP contribution in [0.3, 0.4) is 0 Å². The Morgan fingerprint density at radius 2 is 1.84 bits per heavy atom. The number of ether oxygens (including phenoxy) is 1. The maximum Gasteiger partial charge on any atom is 0.338 e. The van der Waals surface area contributed by atoms with E-state index in [0.717, 1.165) is 31.5 Å². The van der Waals surface area contributed by atoms with Gasteiger partial charge < -0.3 is 19.8 Å². The number of furan rings is 1. The van der Waals surface area contributed by atoms with E-state index in [1.54, 1.807) is 31.2 Å². The Balaban J connectivity index is 1.60. The van der Waals surface area contributed by atoms with Crippen LogP contribution in [0.5, 0.6) is 0 Å². The van der Waals surface area contributed by atoms with E-state index in [4.69, 9.17) is 9.15 Å². The van der Waals surface area contributed by atoms with E-state index in [2.05, 4.69) is 10.6 Å². The normalized spacial score (nSPS) is 15.0. The maximum absolute atomic E-state index is 12.2. The lowest BCUT2D eigenvalue weighted by Crippen LogP contribution is -2.33. The van der Waals surface area contributed by atoms with Crippen molar-refractivity contribution in [2.45, 2.75) is 32.8 Å². The molecular formula is C19H22N2O4. The fraction of sp³-hybridized carbons (Fsp3) is 0.368. The summed E-state index contributed by atoms with van der Waals surface area (Å²) in [5.74, 6) is 0.350. The first-order valence-electron chi connectivity index (χ1n) is 8.43. The van der Waals surface area contributed by atoms with Crippen LogP contribution in [-0.2, 0) is 4.74 Å². The highest BCUT2D eigenvalue weighted by Gasteiger charge is 2.19. The zero-order valence-corrected chi connectivity index (χ0v) is 14.4. The molecule has 6 nitrogen and oxygen atoms in total. The molecule has 1 aliphatic rings. The molecule has 0 saturated carbocycles. The van der Waals surface area contributed by atoms with Gasteiger partial charge >= 0.3 is 5.97 Å². The van der Waals surface area contributed by atoms with Crippen molar-refractivity contribution in [3.63, 3.8) is 0 Å². The van der Waals surface area contributed by atoms with Crippen molar-refractivity contribution in [2.24, 2.45) is 0 Å². The number of piperidine rings is 1. The third-order valence-electron chi connectivity index (χ3n) is 4.19. The zero-order valence-electron chi connectivity index (χ0n) is 14.4. The molecule has 1 saturated heterocycles. The minimum absolute atomic E-state index is 0.0294. The van der Waals surface area contributed by atoms with Crippen LogP contribution in [0.15, 0.2) is 34.7 Å². The van der Waals surface area contributed by atoms with Gasteiger partial charge in [-0.25, -0.2) is 4.79 Å². The molecule has 0 atom stereocenters. The summed E-state index contributed by atoms with van der Waals surface area (Å²) >= 11 is 0. The van der Waals surface area contributed by atoms with Crippen LogP contribution < -0.4 is 10.6 Å². The van der Waals surface area contributed by atoms with Gasteiger partial charge in [0.15, 0.2) is 5.76 Å². The summed E-state index contributed by atoms with van der Waals surface area (Å²) in [5.41, 5.74) is 1.86. The monoisotopic (exact) mass is 342 g/mol. The van der Waals surface area contributed by atoms with Gasteiger partial charge in [-0.15, -0.1) is 0 Å². The van der Waals surface area contributed by atoms with Crippen LogP contribution in [0.25, 0.3) is 0 Å². The second-order valence-corrected chi connectivity index (χ2v) is 6.26. The summed E-state index contributed by atoms with van der Waals surface area (Å²) in [6, 6.07) is 8.48. The highest BCUT2D eigenvalue weighted by molar-refractivity contribution is 6.03. The molecule has 0 radical (unpaired) electrons. The number of carbonyl (C=O) groups excluding carboxylic acids is 2. The average molecular weight is 342 g/mol. The fourth-order valence-corrected chi connectivity index (χ4v) is 2.88. The van der Waals surface area contributed by atoms with E-state index in [1.807, 2.05) is 13.0 Å². The van der Waals surface area contributed by atoms with Gasteiger partial charge in [0.2, 0.25) is 0 Å². The molecule has 25 heavy (non-hydrogen) atoms. The van der Waals surface area contributed by atoms with Crippen LogP contribution in [0.1, 0.15) is 45.1 Å². The molecule has 2 heterocycles. The number of aryl methyl sites for hydroxylation is 2. The molecular weight excluding hydrogens is 320 g/mol. The van der Waals surface area contributed by atoms with Crippen molar-refractivity contribution in [1.82, 2.24) is 5.32 Å². The van der Waals surface area contributed by atoms with E-state index < -0.39 is 0 Å². The largest absolute Gasteiger partial charge is 0.459 e. The number of nitrogens with one attached hydrogen (secondary N) is 2. The van der Waals surface area contributed by atoms with Gasteiger partial charge in [0, 0.05) is 11.3 Å². The Labute approximate surface area is 146 Å². The highest BCUT2D eigenvalue weighted by atomic mass is 16.5. The van der Waals surface area contributed by atoms with Gasteiger partial charge in [-0.1, -0.05) is 0 Å². The Morgan fingerprint density at radius 3 is 2.44 bits per heavy atom. The second kappa shape index (κ2) is 7.53. The fourth-order valence-electron chi connectivity index (χ4n) is 2.88. The molecule has 1 amide bonds. The van der Waals surface area contributed by atoms with Crippen LogP contribution in [0.2, 0.25) is 0 Å². The molecule has 2 N–H and O–H groups in total. The molecule has 0 bridgehead atoms. The van der Waals surface area contributed by atoms with Gasteiger partial charge in [0.1, 0.15) is 11.9 Å². The lowest BCUT2D eigenvalue weighted by Gasteiger charge is -2.22. The van der Waals surface area contributed by atoms with Crippen LogP contribution in [0.4, 0.5) is 5.69 Å². The van der Waals surface area contributed by atoms with Gasteiger partial charge in [-0.2, -0.15) is 0 Å². The van der Waals surface area contributed by atoms with Crippen molar-refractivity contribution in [1.29, 1.82) is 0 Å². The average Bonchev–Trinajstić information content (AvgIpc) is 2.95. The summed E-state index contributed by atoms with van der Waals surface area (Å²) in [6.07, 6.45) is 1.64. The maximum atomic E-state index is 12.2. The first-order valence-corrected chi connectivity index (χ1v) is 8.43. The molecule has 1 aromatic carbocycles. The highest BCUT2D eigenvalue weighted by Crippen LogP contribution is 2.18. The standard InChI is InChI=1S/C19H22N2O4/c1-12-11-13(2)24-17(12)18(22)21-15-5-3-14(4-6-15)19(23)25-16-7-9-20-10-8-16/h3-6,11,16,20H,7-10H2,1-2H3,(H,21,22). The van der Waals surface area contributed by atoms with E-state index in [-0.39, 0.29) is 18.0 Å². The van der Waals surface area contributed by atoms with Gasteiger partial charge in [0.25, 0.3) is 5.91 Å². The Hall–Kier alpha value is -2.60. The SMILES string of the molecule is Cc1cc(C)c(C(=O)Nc2ccc(C(=O)OC3CCNCC3)cc2)o1. The lowest BCUT2D eigenvalue weighted by molar-refractivity contribution is 0.0229. The second-order valence-electron chi connectivity index (χ2n) is 6.26. The van der Waals surface area contributed by atoms with E-state index in [0.29, 0.717) is 22.8 Å². The molecule has 3 rings (SSSR count). The lowest BCUT2D eigenvalue weighted by atomic mass is 10.1. The van der Waals surface area contributed by atoms with Gasteiger partial charge in [-0.05, 0) is 70.1 Å². The van der Waals surface area contributed by atoms with Crippen LogP contribution in [-0.4, -0.2) is 31.1 Å². The molecule has 2 aromatic rings. The summed E-state index contributed by atoms with van der Waals surface area (Å²) in [5, 5.41) is 6.00. The number of hydrogen-bond acceptors (Lipinski definition) is 5. The van der Waals surface area contributed by atoms with Gasteiger partial charge in [0.05, 0.1) is 5.56 Å². The number of anilines is 1. The van der Waals surface area contributed by atoms with Crippen molar-refractivity contribution in [2.75, 3.05) is 18.4 Å². The van der Waals surface area contributed by atoms with Crippen molar-refractivity contribution >= 4 is 17.6 Å². The number of carbonyl (C=O) groups is 2. The Kier molecular flexibility index (Phi) is 5.19. The van der Waals surface area contributed by atoms with Crippen LogP contribution in [0, 0.1) is 13.8 Å². The molecule has 0 unspecified atom stereocenters. The molecule has 6 heteroatoms.